The van der Waals surface area contributed by atoms with E-state index in [0.717, 1.165) is 6.54 Å². The lowest BCUT2D eigenvalue weighted by atomic mass is 9.63. The van der Waals surface area contributed by atoms with Crippen LogP contribution in [0.4, 0.5) is 0 Å². The van der Waals surface area contributed by atoms with Gasteiger partial charge < -0.3 is 11.1 Å². The molecule has 16 heavy (non-hydrogen) atoms. The summed E-state index contributed by atoms with van der Waals surface area (Å²) in [5.74, 6) is 1.24. The molecule has 0 saturated heterocycles. The van der Waals surface area contributed by atoms with Crippen molar-refractivity contribution >= 4 is 5.96 Å². The van der Waals surface area contributed by atoms with Gasteiger partial charge in [0.2, 0.25) is 0 Å². The van der Waals surface area contributed by atoms with Crippen molar-refractivity contribution < 1.29 is 0 Å². The van der Waals surface area contributed by atoms with Crippen LogP contribution >= 0.6 is 0 Å². The zero-order chi connectivity index (χ0) is 11.6. The first-order valence-corrected chi connectivity index (χ1v) is 6.69. The smallest absolute Gasteiger partial charge is 0.188 e. The molecule has 0 amide bonds. The maximum Gasteiger partial charge on any atom is 0.188 e. The van der Waals surface area contributed by atoms with Gasteiger partial charge in [0.05, 0.1) is 0 Å². The van der Waals surface area contributed by atoms with Gasteiger partial charge in [0, 0.05) is 12.6 Å². The molecule has 2 aliphatic carbocycles. The molecule has 2 saturated carbocycles. The molecule has 0 heterocycles. The van der Waals surface area contributed by atoms with Crippen LogP contribution in [0.5, 0.6) is 0 Å². The second-order valence-electron chi connectivity index (χ2n) is 5.92. The Bertz CT molecular complexity index is 264. The SMILES string of the molecule is CC(C)CN=C(N)NC1CCC12CCCC2. The van der Waals surface area contributed by atoms with Crippen molar-refractivity contribution in [2.75, 3.05) is 6.54 Å². The number of guanidine groups is 1. The predicted octanol–water partition coefficient (Wildman–Crippen LogP) is 2.27. The first-order chi connectivity index (χ1) is 7.62. The average molecular weight is 223 g/mol. The predicted molar refractivity (Wildman–Crippen MR) is 68.4 cm³/mol. The van der Waals surface area contributed by atoms with E-state index >= 15 is 0 Å². The van der Waals surface area contributed by atoms with Crippen LogP contribution in [-0.4, -0.2) is 18.5 Å². The third kappa shape index (κ3) is 2.33. The summed E-state index contributed by atoms with van der Waals surface area (Å²) in [6, 6.07) is 0.603. The minimum Gasteiger partial charge on any atom is -0.370 e. The van der Waals surface area contributed by atoms with Crippen LogP contribution in [0.25, 0.3) is 0 Å². The Labute approximate surface area is 98.9 Å². The Morgan fingerprint density at radius 2 is 2.06 bits per heavy atom. The second-order valence-corrected chi connectivity index (χ2v) is 5.92. The topological polar surface area (TPSA) is 50.4 Å². The van der Waals surface area contributed by atoms with Gasteiger partial charge in [-0.25, -0.2) is 0 Å². The molecule has 2 aliphatic rings. The van der Waals surface area contributed by atoms with E-state index in [0.29, 0.717) is 23.3 Å². The molecule has 0 bridgehead atoms. The van der Waals surface area contributed by atoms with Crippen LogP contribution in [0.3, 0.4) is 0 Å². The Hall–Kier alpha value is -0.730. The van der Waals surface area contributed by atoms with Crippen LogP contribution in [0.1, 0.15) is 52.4 Å². The Kier molecular flexibility index (Phi) is 3.41. The molecule has 0 aromatic carbocycles. The molecule has 92 valence electrons. The third-order valence-electron chi connectivity index (χ3n) is 4.22. The fourth-order valence-corrected chi connectivity index (χ4v) is 3.10. The van der Waals surface area contributed by atoms with E-state index in [1.807, 2.05) is 0 Å². The molecular weight excluding hydrogens is 198 g/mol. The van der Waals surface area contributed by atoms with Crippen molar-refractivity contribution in [2.24, 2.45) is 22.1 Å². The summed E-state index contributed by atoms with van der Waals surface area (Å²) in [5.41, 5.74) is 6.50. The normalized spacial score (nSPS) is 28.4. The van der Waals surface area contributed by atoms with Crippen molar-refractivity contribution in [3.63, 3.8) is 0 Å². The molecule has 1 atom stereocenters. The zero-order valence-electron chi connectivity index (χ0n) is 10.6. The van der Waals surface area contributed by atoms with Crippen LogP contribution in [0.2, 0.25) is 0 Å². The number of nitrogens with one attached hydrogen (secondary N) is 1. The van der Waals surface area contributed by atoms with Gasteiger partial charge in [-0.05, 0) is 37.0 Å². The van der Waals surface area contributed by atoms with Crippen molar-refractivity contribution in [1.82, 2.24) is 5.32 Å². The maximum absolute atomic E-state index is 5.92. The highest BCUT2D eigenvalue weighted by Gasteiger charge is 2.48. The minimum absolute atomic E-state index is 0.581. The van der Waals surface area contributed by atoms with Gasteiger partial charge in [-0.3, -0.25) is 4.99 Å². The second kappa shape index (κ2) is 4.64. The van der Waals surface area contributed by atoms with Crippen molar-refractivity contribution in [3.8, 4) is 0 Å². The molecule has 0 aromatic heterocycles. The highest BCUT2D eigenvalue weighted by atomic mass is 15.1. The molecule has 3 heteroatoms. The fourth-order valence-electron chi connectivity index (χ4n) is 3.10. The minimum atomic E-state index is 0.581. The summed E-state index contributed by atoms with van der Waals surface area (Å²) in [5, 5.41) is 3.43. The van der Waals surface area contributed by atoms with Crippen LogP contribution < -0.4 is 11.1 Å². The number of hydrogen-bond acceptors (Lipinski definition) is 1. The molecule has 0 aliphatic heterocycles. The summed E-state index contributed by atoms with van der Waals surface area (Å²) in [4.78, 5) is 4.38. The Balaban J connectivity index is 1.83. The zero-order valence-corrected chi connectivity index (χ0v) is 10.6. The van der Waals surface area contributed by atoms with Gasteiger partial charge in [-0.2, -0.15) is 0 Å². The largest absolute Gasteiger partial charge is 0.370 e. The number of hydrogen-bond donors (Lipinski definition) is 2. The summed E-state index contributed by atoms with van der Waals surface area (Å²) < 4.78 is 0. The van der Waals surface area contributed by atoms with Crippen molar-refractivity contribution in [2.45, 2.75) is 58.4 Å². The summed E-state index contributed by atoms with van der Waals surface area (Å²) in [6.45, 7) is 5.16. The first kappa shape index (κ1) is 11.7. The maximum atomic E-state index is 5.92. The standard InChI is InChI=1S/C13H25N3/c1-10(2)9-15-12(14)16-11-5-8-13(11)6-3-4-7-13/h10-11H,3-9H2,1-2H3,(H3,14,15,16). The Morgan fingerprint density at radius 3 is 2.56 bits per heavy atom. The van der Waals surface area contributed by atoms with Gasteiger partial charge in [0.25, 0.3) is 0 Å². The van der Waals surface area contributed by atoms with Crippen LogP contribution in [-0.2, 0) is 0 Å². The van der Waals surface area contributed by atoms with E-state index < -0.39 is 0 Å². The summed E-state index contributed by atoms with van der Waals surface area (Å²) >= 11 is 0. The summed E-state index contributed by atoms with van der Waals surface area (Å²) in [7, 11) is 0. The average Bonchev–Trinajstić information content (AvgIpc) is 2.72. The monoisotopic (exact) mass is 223 g/mol. The first-order valence-electron chi connectivity index (χ1n) is 6.69. The molecular formula is C13H25N3. The highest BCUT2D eigenvalue weighted by Crippen LogP contribution is 2.53. The molecule has 3 nitrogen and oxygen atoms in total. The molecule has 3 N–H and O–H groups in total. The lowest BCUT2D eigenvalue weighted by Gasteiger charge is -2.47. The highest BCUT2D eigenvalue weighted by molar-refractivity contribution is 5.78. The van der Waals surface area contributed by atoms with Gasteiger partial charge in [0.1, 0.15) is 0 Å². The molecule has 1 spiro atoms. The van der Waals surface area contributed by atoms with Crippen molar-refractivity contribution in [1.29, 1.82) is 0 Å². The van der Waals surface area contributed by atoms with Gasteiger partial charge in [-0.1, -0.05) is 26.7 Å². The molecule has 2 fully saturated rings. The number of rotatable bonds is 3. The van der Waals surface area contributed by atoms with Crippen LogP contribution in [0.15, 0.2) is 4.99 Å². The Morgan fingerprint density at radius 1 is 1.38 bits per heavy atom. The van der Waals surface area contributed by atoms with E-state index in [9.17, 15) is 0 Å². The molecule has 0 aromatic rings. The van der Waals surface area contributed by atoms with Crippen LogP contribution in [0, 0.1) is 11.3 Å². The van der Waals surface area contributed by atoms with E-state index in [2.05, 4.69) is 24.2 Å². The number of nitrogens with zero attached hydrogens (tertiary/aromatic N) is 1. The van der Waals surface area contributed by atoms with E-state index in [-0.39, 0.29) is 0 Å². The van der Waals surface area contributed by atoms with Gasteiger partial charge in [-0.15, -0.1) is 0 Å². The summed E-state index contributed by atoms with van der Waals surface area (Å²) in [6.07, 6.45) is 8.26. The van der Waals surface area contributed by atoms with E-state index in [4.69, 9.17) is 5.73 Å². The lowest BCUT2D eigenvalue weighted by molar-refractivity contribution is 0.0872. The third-order valence-corrected chi connectivity index (χ3v) is 4.22. The van der Waals surface area contributed by atoms with E-state index in [1.54, 1.807) is 0 Å². The molecule has 1 unspecified atom stereocenters. The van der Waals surface area contributed by atoms with Gasteiger partial charge >= 0.3 is 0 Å². The van der Waals surface area contributed by atoms with Gasteiger partial charge in [0.15, 0.2) is 5.96 Å². The molecule has 0 radical (unpaired) electrons. The van der Waals surface area contributed by atoms with Crippen molar-refractivity contribution in [3.05, 3.63) is 0 Å². The fraction of sp³-hybridized carbons (Fsp3) is 0.923. The lowest BCUT2D eigenvalue weighted by Crippen LogP contribution is -2.55. The van der Waals surface area contributed by atoms with E-state index in [1.165, 1.54) is 38.5 Å². The quantitative estimate of drug-likeness (QED) is 0.569. The molecule has 2 rings (SSSR count). The number of nitrogens with two attached hydrogens (primary N) is 1. The number of aliphatic imine (C=N–C) groups is 1.